The third-order valence-corrected chi connectivity index (χ3v) is 11.8. The maximum atomic E-state index is 11.1. The molecule has 0 aliphatic rings. The van der Waals surface area contributed by atoms with Crippen LogP contribution in [0.1, 0.15) is 0 Å². The number of fused-ring (bicyclic) bond motifs is 6. The molecule has 0 bridgehead atoms. The van der Waals surface area contributed by atoms with E-state index >= 15 is 0 Å². The van der Waals surface area contributed by atoms with E-state index in [1.807, 2.05) is 65.2 Å². The fourth-order valence-corrected chi connectivity index (χ4v) is 8.97. The van der Waals surface area contributed by atoms with Crippen LogP contribution in [-0.4, -0.2) is 70.6 Å². The van der Waals surface area contributed by atoms with E-state index in [0.717, 1.165) is 25.6 Å². The van der Waals surface area contributed by atoms with Gasteiger partial charge < -0.3 is 55.6 Å². The number of benzene rings is 7. The predicted octanol–water partition coefficient (Wildman–Crippen LogP) is 9.06. The van der Waals surface area contributed by atoms with Crippen molar-refractivity contribution in [2.75, 3.05) is 0 Å². The number of nitrogens with zero attached hydrogens (tertiary/aromatic N) is 4. The van der Waals surface area contributed by atoms with Crippen molar-refractivity contribution in [3.8, 4) is 108 Å². The number of para-hydroxylation sites is 1. The van der Waals surface area contributed by atoms with Gasteiger partial charge in [-0.3, -0.25) is 0 Å². The van der Waals surface area contributed by atoms with Gasteiger partial charge in [-0.15, -0.1) is 11.3 Å². The summed E-state index contributed by atoms with van der Waals surface area (Å²) in [6.45, 7) is 0. The summed E-state index contributed by atoms with van der Waals surface area (Å²) in [5.41, 5.74) is 2.28. The molecule has 0 saturated carbocycles. The van der Waals surface area contributed by atoms with Gasteiger partial charge in [0.2, 0.25) is 34.5 Å². The lowest BCUT2D eigenvalue weighted by Crippen LogP contribution is -2.04. The van der Waals surface area contributed by atoms with Crippen LogP contribution in [0.2, 0.25) is 0 Å². The van der Waals surface area contributed by atoms with Crippen LogP contribution in [0.25, 0.3) is 93.0 Å². The van der Waals surface area contributed by atoms with Gasteiger partial charge in [-0.05, 0) is 35.9 Å². The quantitative estimate of drug-likeness (QED) is 0.0576. The molecule has 0 radical (unpaired) electrons. The highest BCUT2D eigenvalue weighted by Gasteiger charge is 2.30. The van der Waals surface area contributed by atoms with Gasteiger partial charge >= 0.3 is 0 Å². The Hall–Kier alpha value is -8.43. The first-order valence-corrected chi connectivity index (χ1v) is 18.9. The molecule has 10 N–H and O–H groups in total. The Morgan fingerprint density at radius 1 is 0.383 bits per heavy atom. The zero-order valence-electron chi connectivity index (χ0n) is 30.6. The highest BCUT2D eigenvalue weighted by molar-refractivity contribution is 7.26. The molecule has 0 spiro atoms. The summed E-state index contributed by atoms with van der Waals surface area (Å²) in [6.07, 6.45) is 0. The van der Waals surface area contributed by atoms with E-state index in [2.05, 4.69) is 4.98 Å². The van der Waals surface area contributed by atoms with Crippen LogP contribution in [-0.2, 0) is 0 Å². The molecule has 0 aliphatic heterocycles. The summed E-state index contributed by atoms with van der Waals surface area (Å²) in [6, 6.07) is 33.0. The number of rotatable bonds is 5. The van der Waals surface area contributed by atoms with E-state index < -0.39 is 63.1 Å². The first kappa shape index (κ1) is 35.9. The van der Waals surface area contributed by atoms with E-state index in [0.29, 0.717) is 33.2 Å². The van der Waals surface area contributed by atoms with Gasteiger partial charge in [0.05, 0.1) is 27.0 Å². The second-order valence-electron chi connectivity index (χ2n) is 13.9. The number of hydrogen-bond acceptors (Lipinski definition) is 14. The highest BCUT2D eigenvalue weighted by atomic mass is 32.1. The van der Waals surface area contributed by atoms with Gasteiger partial charge in [0.15, 0.2) is 40.5 Å². The fraction of sp³-hybridized carbons (Fsp3) is 0. The van der Waals surface area contributed by atoms with Gasteiger partial charge in [0.25, 0.3) is 0 Å². The Labute approximate surface area is 340 Å². The molecule has 10 aromatic rings. The topological polar surface area (TPSA) is 246 Å². The molecule has 0 amide bonds. The minimum absolute atomic E-state index is 0.0616. The average Bonchev–Trinajstić information content (AvgIpc) is 3.82. The zero-order valence-corrected chi connectivity index (χ0v) is 31.4. The van der Waals surface area contributed by atoms with Crippen LogP contribution in [0.5, 0.6) is 57.5 Å². The molecule has 3 heterocycles. The summed E-state index contributed by atoms with van der Waals surface area (Å²) < 4.78 is 3.81. The van der Waals surface area contributed by atoms with Crippen molar-refractivity contribution in [1.29, 1.82) is 0 Å². The van der Waals surface area contributed by atoms with Gasteiger partial charge in [-0.25, -0.2) is 15.0 Å². The molecule has 60 heavy (non-hydrogen) atoms. The number of aromatic nitrogens is 4. The Morgan fingerprint density at radius 3 is 1.60 bits per heavy atom. The molecular formula is C45H28N4O10S. The summed E-state index contributed by atoms with van der Waals surface area (Å²) in [4.78, 5) is 14.2. The molecule has 0 fully saturated rings. The monoisotopic (exact) mass is 816 g/mol. The smallest absolute Gasteiger partial charge is 0.208 e. The molecule has 3 aromatic heterocycles. The van der Waals surface area contributed by atoms with Crippen LogP contribution in [0, 0.1) is 0 Å². The molecule has 0 aliphatic carbocycles. The van der Waals surface area contributed by atoms with Crippen LogP contribution >= 0.6 is 11.3 Å². The predicted molar refractivity (Wildman–Crippen MR) is 225 cm³/mol. The molecule has 14 nitrogen and oxygen atoms in total. The Kier molecular flexibility index (Phi) is 7.82. The third kappa shape index (κ3) is 5.09. The van der Waals surface area contributed by atoms with Crippen molar-refractivity contribution in [1.82, 2.24) is 19.5 Å². The summed E-state index contributed by atoms with van der Waals surface area (Å²) >= 11 is 1.52. The van der Waals surface area contributed by atoms with Crippen molar-refractivity contribution >= 4 is 53.3 Å². The molecule has 0 unspecified atom stereocenters. The molecule has 7 aromatic carbocycles. The van der Waals surface area contributed by atoms with E-state index in [1.54, 1.807) is 48.5 Å². The minimum atomic E-state index is -1.14. The first-order valence-electron chi connectivity index (χ1n) is 18.1. The highest BCUT2D eigenvalue weighted by Crippen LogP contribution is 2.56. The first-order chi connectivity index (χ1) is 28.9. The maximum Gasteiger partial charge on any atom is 0.208 e. The lowest BCUT2D eigenvalue weighted by atomic mass is 9.99. The number of phenolic OH excluding ortho intramolecular Hbond substituents is 10. The van der Waals surface area contributed by atoms with Crippen LogP contribution in [0.4, 0.5) is 0 Å². The molecule has 15 heteroatoms. The minimum Gasteiger partial charge on any atom is -0.504 e. The molecule has 0 saturated heterocycles. The number of phenols is 10. The van der Waals surface area contributed by atoms with Gasteiger partial charge in [0.1, 0.15) is 5.56 Å². The molecule has 0 atom stereocenters. The van der Waals surface area contributed by atoms with Gasteiger partial charge in [-0.1, -0.05) is 78.9 Å². The van der Waals surface area contributed by atoms with Crippen molar-refractivity contribution in [2.24, 2.45) is 0 Å². The standard InChI is InChI=1S/C45H28N4O10S/c50-32-29(33(51)37(55)40(58)36(32)54)20-14-17-27-25(18-20)21-10-4-6-12-26(21)49(27)31-24(16-15-23-22-11-5-7-13-28(22)60-42(23)31)44-46-43(19-8-2-1-3-9-19)47-45(48-44)30-34(52)38(56)41(59)39(57)35(30)53/h1-18,50-59H. The second-order valence-corrected chi connectivity index (χ2v) is 15.0. The molecule has 10 rings (SSSR count). The average molecular weight is 817 g/mol. The van der Waals surface area contributed by atoms with E-state index in [1.165, 1.54) is 11.3 Å². The lowest BCUT2D eigenvalue weighted by molar-refractivity contribution is 0.329. The molecule has 294 valence electrons. The van der Waals surface area contributed by atoms with Crippen molar-refractivity contribution in [3.05, 3.63) is 109 Å². The number of aromatic hydroxyl groups is 10. The fourth-order valence-electron chi connectivity index (χ4n) is 7.73. The van der Waals surface area contributed by atoms with Crippen molar-refractivity contribution < 1.29 is 51.1 Å². The summed E-state index contributed by atoms with van der Waals surface area (Å²) in [7, 11) is 0. The largest absolute Gasteiger partial charge is 0.504 e. The van der Waals surface area contributed by atoms with Crippen LogP contribution < -0.4 is 0 Å². The summed E-state index contributed by atoms with van der Waals surface area (Å²) in [5.74, 6) is -10.2. The van der Waals surface area contributed by atoms with Crippen molar-refractivity contribution in [3.63, 3.8) is 0 Å². The third-order valence-electron chi connectivity index (χ3n) is 10.6. The number of hydrogen-bond donors (Lipinski definition) is 10. The normalized spacial score (nSPS) is 11.7. The van der Waals surface area contributed by atoms with E-state index in [9.17, 15) is 51.1 Å². The maximum absolute atomic E-state index is 11.1. The Morgan fingerprint density at radius 2 is 0.917 bits per heavy atom. The SMILES string of the molecule is Oc1c(O)c(O)c(-c2ccc3c(c2)c2ccccc2n3-c2c(-c3nc(-c4ccccc4)nc(-c4c(O)c(O)c(O)c(O)c4O)n3)ccc3c2sc2ccccc23)c(O)c1O. The Bertz CT molecular complexity index is 3400. The summed E-state index contributed by atoms with van der Waals surface area (Å²) in [5, 5.41) is 109. The van der Waals surface area contributed by atoms with Gasteiger partial charge in [0, 0.05) is 37.4 Å². The van der Waals surface area contributed by atoms with E-state index in [4.69, 9.17) is 9.97 Å². The zero-order chi connectivity index (χ0) is 41.7. The second kappa shape index (κ2) is 13.1. The molecular weight excluding hydrogens is 789 g/mol. The van der Waals surface area contributed by atoms with Crippen LogP contribution in [0.3, 0.4) is 0 Å². The van der Waals surface area contributed by atoms with Crippen molar-refractivity contribution in [2.45, 2.75) is 0 Å². The number of thiophene rings is 1. The lowest BCUT2D eigenvalue weighted by Gasteiger charge is -2.17. The van der Waals surface area contributed by atoms with Crippen LogP contribution in [0.15, 0.2) is 109 Å². The Balaban J connectivity index is 1.33. The van der Waals surface area contributed by atoms with Gasteiger partial charge in [-0.2, -0.15) is 0 Å². The van der Waals surface area contributed by atoms with E-state index in [-0.39, 0.29) is 28.6 Å².